The van der Waals surface area contributed by atoms with Gasteiger partial charge in [0.2, 0.25) is 0 Å². The number of halogens is 1. The maximum Gasteiger partial charge on any atom is 0.0406 e. The van der Waals surface area contributed by atoms with E-state index in [0.717, 1.165) is 0 Å². The molecule has 0 fully saturated rings. The van der Waals surface area contributed by atoms with Gasteiger partial charge in [-0.1, -0.05) is 48.5 Å². The first-order valence-electron chi connectivity index (χ1n) is 5.86. The Morgan fingerprint density at radius 3 is 2.53 bits per heavy atom. The van der Waals surface area contributed by atoms with Gasteiger partial charge in [-0.05, 0) is 31.9 Å². The fraction of sp³-hybridized carbons (Fsp3) is 0.692. The van der Waals surface area contributed by atoms with Gasteiger partial charge in [0, 0.05) is 14.6 Å². The van der Waals surface area contributed by atoms with E-state index in [-0.39, 0.29) is 0 Å². The molecule has 86 valence electrons. The van der Waals surface area contributed by atoms with Crippen molar-refractivity contribution in [3.63, 3.8) is 0 Å². The van der Waals surface area contributed by atoms with Gasteiger partial charge in [0.05, 0.1) is 0 Å². The number of thiophene rings is 1. The van der Waals surface area contributed by atoms with Crippen LogP contribution in [0.2, 0.25) is 0 Å². The van der Waals surface area contributed by atoms with E-state index >= 15 is 0 Å². The van der Waals surface area contributed by atoms with E-state index < -0.39 is 0 Å². The highest BCUT2D eigenvalue weighted by Crippen LogP contribution is 2.35. The Morgan fingerprint density at radius 2 is 2.00 bits per heavy atom. The Balaban J connectivity index is 2.39. The monoisotopic (exact) mass is 288 g/mol. The molecule has 0 aromatic carbocycles. The summed E-state index contributed by atoms with van der Waals surface area (Å²) in [4.78, 5) is 3.48. The van der Waals surface area contributed by atoms with Crippen LogP contribution in [0.3, 0.4) is 0 Å². The van der Waals surface area contributed by atoms with Crippen molar-refractivity contribution in [1.82, 2.24) is 0 Å². The highest BCUT2D eigenvalue weighted by atomic mass is 79.9. The first-order chi connectivity index (χ1) is 7.15. The van der Waals surface area contributed by atoms with Crippen molar-refractivity contribution < 1.29 is 0 Å². The maximum absolute atomic E-state index is 3.81. The van der Waals surface area contributed by atoms with Gasteiger partial charge in [0.15, 0.2) is 0 Å². The molecule has 1 atom stereocenters. The number of aryl methyl sites for hydroxylation is 2. The van der Waals surface area contributed by atoms with Gasteiger partial charge in [0.1, 0.15) is 0 Å². The predicted octanol–water partition coefficient (Wildman–Crippen LogP) is 5.77. The summed E-state index contributed by atoms with van der Waals surface area (Å²) in [5.74, 6) is 0. The Labute approximate surface area is 106 Å². The molecule has 0 nitrogen and oxygen atoms in total. The third-order valence-corrected chi connectivity index (χ3v) is 4.66. The van der Waals surface area contributed by atoms with E-state index in [1.54, 1.807) is 0 Å². The van der Waals surface area contributed by atoms with Crippen molar-refractivity contribution >= 4 is 27.3 Å². The van der Waals surface area contributed by atoms with Crippen molar-refractivity contribution in [2.45, 2.75) is 57.7 Å². The van der Waals surface area contributed by atoms with Crippen LogP contribution >= 0.6 is 27.3 Å². The summed E-state index contributed by atoms with van der Waals surface area (Å²) in [6.07, 6.45) is 6.70. The average Bonchev–Trinajstić information content (AvgIpc) is 2.52. The number of hydrogen-bond donors (Lipinski definition) is 0. The van der Waals surface area contributed by atoms with E-state index in [2.05, 4.69) is 42.8 Å². The van der Waals surface area contributed by atoms with Gasteiger partial charge in [0.25, 0.3) is 0 Å². The molecule has 0 saturated heterocycles. The number of hydrogen-bond acceptors (Lipinski definition) is 1. The normalized spacial score (nSPS) is 13.1. The second kappa shape index (κ2) is 6.70. The molecule has 2 heteroatoms. The summed E-state index contributed by atoms with van der Waals surface area (Å²) in [7, 11) is 0. The van der Waals surface area contributed by atoms with Crippen molar-refractivity contribution in [1.29, 1.82) is 0 Å². The van der Waals surface area contributed by atoms with Crippen LogP contribution in [0.5, 0.6) is 0 Å². The van der Waals surface area contributed by atoms with Crippen LogP contribution < -0.4 is 0 Å². The minimum atomic E-state index is 0.569. The molecule has 0 aliphatic heterocycles. The van der Waals surface area contributed by atoms with Crippen LogP contribution in [0.15, 0.2) is 6.07 Å². The molecular weight excluding hydrogens is 268 g/mol. The third-order valence-electron chi connectivity index (χ3n) is 2.73. The number of alkyl halides is 1. The molecule has 1 aromatic heterocycles. The Morgan fingerprint density at radius 1 is 1.27 bits per heavy atom. The number of rotatable bonds is 6. The predicted molar refractivity (Wildman–Crippen MR) is 74.2 cm³/mol. The van der Waals surface area contributed by atoms with E-state index in [4.69, 9.17) is 0 Å². The SMILES string of the molecule is CCCCCCC(Br)c1cc(C)sc1C. The lowest BCUT2D eigenvalue weighted by Gasteiger charge is -2.08. The van der Waals surface area contributed by atoms with E-state index in [0.29, 0.717) is 4.83 Å². The van der Waals surface area contributed by atoms with Gasteiger partial charge in [-0.15, -0.1) is 11.3 Å². The van der Waals surface area contributed by atoms with Gasteiger partial charge < -0.3 is 0 Å². The van der Waals surface area contributed by atoms with Crippen molar-refractivity contribution in [3.05, 3.63) is 21.4 Å². The van der Waals surface area contributed by atoms with E-state index in [1.165, 1.54) is 47.4 Å². The van der Waals surface area contributed by atoms with Crippen LogP contribution in [-0.4, -0.2) is 0 Å². The highest BCUT2D eigenvalue weighted by molar-refractivity contribution is 9.09. The lowest BCUT2D eigenvalue weighted by atomic mass is 10.1. The standard InChI is InChI=1S/C13H21BrS/c1-4-5-6-7-8-13(14)12-9-10(2)15-11(12)3/h9,13H,4-8H2,1-3H3. The smallest absolute Gasteiger partial charge is 0.0406 e. The third kappa shape index (κ3) is 4.28. The molecule has 0 spiro atoms. The maximum atomic E-state index is 3.81. The van der Waals surface area contributed by atoms with E-state index in [1.807, 2.05) is 11.3 Å². The fourth-order valence-corrected chi connectivity index (χ4v) is 3.81. The minimum absolute atomic E-state index is 0.569. The first kappa shape index (κ1) is 13.2. The summed E-state index contributed by atoms with van der Waals surface area (Å²) in [6, 6.07) is 2.33. The lowest BCUT2D eigenvalue weighted by Crippen LogP contribution is -1.90. The zero-order chi connectivity index (χ0) is 11.3. The summed E-state index contributed by atoms with van der Waals surface area (Å²) in [5, 5.41) is 0. The fourth-order valence-electron chi connectivity index (χ4n) is 1.87. The Kier molecular flexibility index (Phi) is 5.91. The molecule has 1 unspecified atom stereocenters. The van der Waals surface area contributed by atoms with Crippen LogP contribution in [0.1, 0.15) is 59.2 Å². The molecule has 1 heterocycles. The van der Waals surface area contributed by atoms with Crippen molar-refractivity contribution in [2.24, 2.45) is 0 Å². The van der Waals surface area contributed by atoms with Crippen LogP contribution in [0.25, 0.3) is 0 Å². The zero-order valence-electron chi connectivity index (χ0n) is 9.98. The molecule has 0 saturated carbocycles. The summed E-state index contributed by atoms with van der Waals surface area (Å²) >= 11 is 5.72. The molecule has 15 heavy (non-hydrogen) atoms. The van der Waals surface area contributed by atoms with Gasteiger partial charge in [-0.25, -0.2) is 0 Å². The van der Waals surface area contributed by atoms with Crippen LogP contribution in [0.4, 0.5) is 0 Å². The molecule has 0 bridgehead atoms. The zero-order valence-corrected chi connectivity index (χ0v) is 12.4. The summed E-state index contributed by atoms with van der Waals surface area (Å²) in [5.41, 5.74) is 1.51. The topological polar surface area (TPSA) is 0 Å². The Bertz CT molecular complexity index is 291. The molecule has 1 aromatic rings. The van der Waals surface area contributed by atoms with Crippen molar-refractivity contribution in [2.75, 3.05) is 0 Å². The average molecular weight is 289 g/mol. The molecular formula is C13H21BrS. The summed E-state index contributed by atoms with van der Waals surface area (Å²) in [6.45, 7) is 6.68. The largest absolute Gasteiger partial charge is 0.146 e. The van der Waals surface area contributed by atoms with Crippen LogP contribution in [-0.2, 0) is 0 Å². The quantitative estimate of drug-likeness (QED) is 0.460. The first-order valence-corrected chi connectivity index (χ1v) is 7.59. The molecule has 0 radical (unpaired) electrons. The number of unbranched alkanes of at least 4 members (excludes halogenated alkanes) is 3. The molecule has 0 amide bonds. The lowest BCUT2D eigenvalue weighted by molar-refractivity contribution is 0.630. The molecule has 0 aliphatic carbocycles. The summed E-state index contributed by atoms with van der Waals surface area (Å²) < 4.78 is 0. The molecule has 1 rings (SSSR count). The van der Waals surface area contributed by atoms with Gasteiger partial charge in [-0.2, -0.15) is 0 Å². The second-order valence-electron chi connectivity index (χ2n) is 4.19. The van der Waals surface area contributed by atoms with E-state index in [9.17, 15) is 0 Å². The minimum Gasteiger partial charge on any atom is -0.146 e. The highest BCUT2D eigenvalue weighted by Gasteiger charge is 2.12. The van der Waals surface area contributed by atoms with Crippen LogP contribution in [0, 0.1) is 13.8 Å². The van der Waals surface area contributed by atoms with Crippen molar-refractivity contribution in [3.8, 4) is 0 Å². The second-order valence-corrected chi connectivity index (χ2v) is 6.75. The Hall–Kier alpha value is 0.180. The molecule has 0 N–H and O–H groups in total. The van der Waals surface area contributed by atoms with Gasteiger partial charge in [-0.3, -0.25) is 0 Å². The molecule has 0 aliphatic rings. The van der Waals surface area contributed by atoms with Gasteiger partial charge >= 0.3 is 0 Å².